The molecule has 0 spiro atoms. The lowest BCUT2D eigenvalue weighted by molar-refractivity contribution is -0.567. The minimum Gasteiger partial charge on any atom is -0.270 e. The number of benzene rings is 1. The van der Waals surface area contributed by atoms with Crippen LogP contribution in [0, 0.1) is 13.8 Å². The molecule has 30 heavy (non-hydrogen) atoms. The van der Waals surface area contributed by atoms with Crippen molar-refractivity contribution in [1.82, 2.24) is 19.6 Å². The van der Waals surface area contributed by atoms with E-state index in [1.807, 2.05) is 44.4 Å². The van der Waals surface area contributed by atoms with Gasteiger partial charge in [0.2, 0.25) is 11.9 Å². The molecule has 2 aliphatic heterocycles. The van der Waals surface area contributed by atoms with Crippen LogP contribution in [0.2, 0.25) is 5.02 Å². The lowest BCUT2D eigenvalue weighted by Gasteiger charge is -2.34. The van der Waals surface area contributed by atoms with E-state index in [0.29, 0.717) is 16.8 Å². The highest BCUT2D eigenvalue weighted by atomic mass is 35.5. The van der Waals surface area contributed by atoms with Crippen LogP contribution in [-0.2, 0) is 11.3 Å². The van der Waals surface area contributed by atoms with Crippen molar-refractivity contribution in [3.05, 3.63) is 52.3 Å². The topological polar surface area (TPSA) is 73.8 Å². The van der Waals surface area contributed by atoms with Gasteiger partial charge in [-0.05, 0) is 51.5 Å². The molecule has 8 nitrogen and oxygen atoms in total. The zero-order chi connectivity index (χ0) is 21.7. The summed E-state index contributed by atoms with van der Waals surface area (Å²) in [5.74, 6) is 0.666. The van der Waals surface area contributed by atoms with E-state index in [2.05, 4.69) is 5.10 Å². The van der Waals surface area contributed by atoms with Gasteiger partial charge in [-0.2, -0.15) is 0 Å². The summed E-state index contributed by atoms with van der Waals surface area (Å²) >= 11 is 6.08. The molecule has 2 aliphatic rings. The SMILES string of the molecule is Cc1cc(C)n(C2=[N+](C(C)C)C3C(=O)N(Cc4cccc(Cl)c4)C(=O)N(C)C3=N2)n1. The predicted molar refractivity (Wildman–Crippen MR) is 114 cm³/mol. The van der Waals surface area contributed by atoms with Crippen molar-refractivity contribution >= 4 is 35.3 Å². The van der Waals surface area contributed by atoms with Gasteiger partial charge in [-0.3, -0.25) is 14.6 Å². The first kappa shape index (κ1) is 20.3. The fourth-order valence-electron chi connectivity index (χ4n) is 3.95. The molecule has 1 unspecified atom stereocenters. The van der Waals surface area contributed by atoms with Gasteiger partial charge in [0.1, 0.15) is 5.69 Å². The third-order valence-electron chi connectivity index (χ3n) is 5.31. The molecule has 0 bridgehead atoms. The van der Waals surface area contributed by atoms with Crippen molar-refractivity contribution in [3.8, 4) is 0 Å². The molecule has 3 heterocycles. The number of halogens is 1. The number of likely N-dealkylation sites (N-methyl/N-ethyl adjacent to an activating group) is 1. The van der Waals surface area contributed by atoms with E-state index in [-0.39, 0.29) is 18.5 Å². The molecule has 3 amide bonds. The second kappa shape index (κ2) is 7.36. The zero-order valence-electron chi connectivity index (χ0n) is 17.6. The van der Waals surface area contributed by atoms with Crippen LogP contribution in [0.15, 0.2) is 35.3 Å². The van der Waals surface area contributed by atoms with E-state index >= 15 is 0 Å². The van der Waals surface area contributed by atoms with Crippen LogP contribution < -0.4 is 0 Å². The molecule has 0 N–H and O–H groups in total. The molecule has 1 atom stereocenters. The summed E-state index contributed by atoms with van der Waals surface area (Å²) in [6.07, 6.45) is 0. The molecule has 2 aromatic rings. The molecular formula is C21H24ClN6O2+. The molecule has 1 aromatic heterocycles. The Labute approximate surface area is 180 Å². The van der Waals surface area contributed by atoms with Gasteiger partial charge in [-0.25, -0.2) is 9.37 Å². The average Bonchev–Trinajstić information content (AvgIpc) is 3.23. The van der Waals surface area contributed by atoms with Crippen molar-refractivity contribution in [2.45, 2.75) is 46.3 Å². The van der Waals surface area contributed by atoms with Crippen LogP contribution in [0.5, 0.6) is 0 Å². The fraction of sp³-hybridized carbons (Fsp3) is 0.381. The van der Waals surface area contributed by atoms with Gasteiger partial charge in [-0.1, -0.05) is 28.7 Å². The van der Waals surface area contributed by atoms with E-state index in [1.165, 1.54) is 9.80 Å². The Morgan fingerprint density at radius 3 is 2.53 bits per heavy atom. The van der Waals surface area contributed by atoms with Gasteiger partial charge in [0.05, 0.1) is 18.3 Å². The summed E-state index contributed by atoms with van der Waals surface area (Å²) in [5.41, 5.74) is 2.56. The summed E-state index contributed by atoms with van der Waals surface area (Å²) in [4.78, 5) is 33.9. The van der Waals surface area contributed by atoms with E-state index in [4.69, 9.17) is 16.6 Å². The molecule has 1 fully saturated rings. The highest BCUT2D eigenvalue weighted by molar-refractivity contribution is 6.30. The Bertz CT molecular complexity index is 1120. The van der Waals surface area contributed by atoms with Gasteiger partial charge < -0.3 is 0 Å². The number of urea groups is 1. The van der Waals surface area contributed by atoms with Crippen molar-refractivity contribution < 1.29 is 14.2 Å². The van der Waals surface area contributed by atoms with Gasteiger partial charge >= 0.3 is 12.0 Å². The molecule has 156 valence electrons. The Hall–Kier alpha value is -3.00. The van der Waals surface area contributed by atoms with Crippen LogP contribution >= 0.6 is 11.6 Å². The van der Waals surface area contributed by atoms with E-state index in [0.717, 1.165) is 17.0 Å². The predicted octanol–water partition coefficient (Wildman–Crippen LogP) is 2.65. The summed E-state index contributed by atoms with van der Waals surface area (Å²) in [7, 11) is 1.65. The van der Waals surface area contributed by atoms with Crippen LogP contribution in [0.4, 0.5) is 4.79 Å². The molecule has 9 heteroatoms. The summed E-state index contributed by atoms with van der Waals surface area (Å²) in [6.45, 7) is 7.99. The highest BCUT2D eigenvalue weighted by Crippen LogP contribution is 2.24. The lowest BCUT2D eigenvalue weighted by atomic mass is 10.1. The van der Waals surface area contributed by atoms with Crippen molar-refractivity contribution in [1.29, 1.82) is 0 Å². The number of rotatable bonds is 3. The van der Waals surface area contributed by atoms with Crippen molar-refractivity contribution in [2.75, 3.05) is 7.05 Å². The normalized spacial score (nSPS) is 19.2. The summed E-state index contributed by atoms with van der Waals surface area (Å²) in [5, 5.41) is 5.10. The lowest BCUT2D eigenvalue weighted by Crippen LogP contribution is -2.63. The van der Waals surface area contributed by atoms with Crippen molar-refractivity contribution in [3.63, 3.8) is 0 Å². The number of fused-ring (bicyclic) bond motifs is 1. The quantitative estimate of drug-likeness (QED) is 0.707. The third kappa shape index (κ3) is 3.21. The molecule has 0 radical (unpaired) electrons. The molecule has 0 saturated carbocycles. The minimum atomic E-state index is -0.689. The van der Waals surface area contributed by atoms with Crippen LogP contribution in [0.1, 0.15) is 30.8 Å². The monoisotopic (exact) mass is 427 g/mol. The smallest absolute Gasteiger partial charge is 0.270 e. The number of amidine groups is 1. The number of imide groups is 1. The van der Waals surface area contributed by atoms with Crippen LogP contribution in [-0.4, -0.2) is 67.0 Å². The van der Waals surface area contributed by atoms with Crippen LogP contribution in [0.25, 0.3) is 0 Å². The molecule has 1 aromatic carbocycles. The Balaban J connectivity index is 1.79. The van der Waals surface area contributed by atoms with E-state index < -0.39 is 12.1 Å². The molecular weight excluding hydrogens is 404 g/mol. The summed E-state index contributed by atoms with van der Waals surface area (Å²) in [6, 6.07) is 7.99. The van der Waals surface area contributed by atoms with Gasteiger partial charge in [0.25, 0.3) is 5.91 Å². The second-order valence-electron chi connectivity index (χ2n) is 7.91. The maximum Gasteiger partial charge on any atom is 0.421 e. The zero-order valence-corrected chi connectivity index (χ0v) is 18.4. The molecule has 4 rings (SSSR count). The fourth-order valence-corrected chi connectivity index (χ4v) is 4.16. The van der Waals surface area contributed by atoms with Gasteiger partial charge in [0, 0.05) is 12.1 Å². The number of aromatic nitrogens is 2. The maximum atomic E-state index is 13.5. The first-order chi connectivity index (χ1) is 14.2. The maximum absolute atomic E-state index is 13.5. The van der Waals surface area contributed by atoms with E-state index in [9.17, 15) is 9.59 Å². The number of carbonyl (C=O) groups is 2. The van der Waals surface area contributed by atoms with Crippen LogP contribution in [0.3, 0.4) is 0 Å². The molecule has 1 saturated heterocycles. The number of hydrogen-bond acceptors (Lipinski definition) is 4. The first-order valence-electron chi connectivity index (χ1n) is 9.80. The number of amides is 3. The minimum absolute atomic E-state index is 0.0336. The average molecular weight is 428 g/mol. The van der Waals surface area contributed by atoms with E-state index in [1.54, 1.807) is 29.9 Å². The second-order valence-corrected chi connectivity index (χ2v) is 8.34. The number of carbonyl (C=O) groups excluding carboxylic acids is 2. The first-order valence-corrected chi connectivity index (χ1v) is 10.2. The number of aliphatic imine (C=N–C) groups is 1. The Kier molecular flexibility index (Phi) is 4.97. The largest absolute Gasteiger partial charge is 0.421 e. The van der Waals surface area contributed by atoms with Gasteiger partial charge in [0.15, 0.2) is 0 Å². The standard InChI is InChI=1S/C21H24ClN6O2/c1-12(2)27-17-18(23-20(27)28-14(4)9-13(3)24-28)25(5)21(30)26(19(17)29)11-15-7-6-8-16(22)10-15/h6-10,12,17H,11H2,1-5H3/q+1. The summed E-state index contributed by atoms with van der Waals surface area (Å²) < 4.78 is 3.65. The number of aryl methyl sites for hydroxylation is 2. The number of nitrogens with zero attached hydrogens (tertiary/aromatic N) is 6. The Morgan fingerprint density at radius 1 is 1.20 bits per heavy atom. The van der Waals surface area contributed by atoms with Gasteiger partial charge in [-0.15, -0.1) is 9.78 Å². The molecule has 0 aliphatic carbocycles. The van der Waals surface area contributed by atoms with Crippen molar-refractivity contribution in [2.24, 2.45) is 4.99 Å². The Morgan fingerprint density at radius 2 is 1.93 bits per heavy atom. The third-order valence-corrected chi connectivity index (χ3v) is 5.55. The number of hydrogen-bond donors (Lipinski definition) is 0. The highest BCUT2D eigenvalue weighted by Gasteiger charge is 2.53.